The number of halogens is 2. The van der Waals surface area contributed by atoms with Crippen molar-refractivity contribution in [1.82, 2.24) is 5.32 Å². The van der Waals surface area contributed by atoms with Crippen LogP contribution >= 0.6 is 15.9 Å². The quantitative estimate of drug-likeness (QED) is 0.864. The first-order chi connectivity index (χ1) is 8.77. The molecule has 3 nitrogen and oxygen atoms in total. The standard InChI is InChI=1S/C13H15BrFNO2/c14-12-11(8-2-1-3-16-7-8)9(15)6-10-13(12)18-5-4-17-10/h6,8,16H,1-5,7H2. The Bertz CT molecular complexity index is 461. The summed E-state index contributed by atoms with van der Waals surface area (Å²) in [5.41, 5.74) is 0.714. The van der Waals surface area contributed by atoms with Gasteiger partial charge in [-0.2, -0.15) is 0 Å². The first-order valence-electron chi connectivity index (χ1n) is 6.25. The Hall–Kier alpha value is -0.810. The van der Waals surface area contributed by atoms with Crippen LogP contribution in [-0.2, 0) is 0 Å². The summed E-state index contributed by atoms with van der Waals surface area (Å²) in [4.78, 5) is 0. The number of nitrogens with one attached hydrogen (secondary N) is 1. The van der Waals surface area contributed by atoms with Crippen molar-refractivity contribution in [3.05, 3.63) is 21.9 Å². The summed E-state index contributed by atoms with van der Waals surface area (Å²) in [5, 5.41) is 3.31. The van der Waals surface area contributed by atoms with Crippen molar-refractivity contribution in [2.24, 2.45) is 0 Å². The fraction of sp³-hybridized carbons (Fsp3) is 0.538. The minimum absolute atomic E-state index is 0.198. The second-order valence-corrected chi connectivity index (χ2v) is 5.45. The molecular formula is C13H15BrFNO2. The Morgan fingerprint density at radius 2 is 2.17 bits per heavy atom. The van der Waals surface area contributed by atoms with E-state index in [4.69, 9.17) is 9.47 Å². The van der Waals surface area contributed by atoms with Crippen LogP contribution in [0.1, 0.15) is 24.3 Å². The first kappa shape index (κ1) is 12.2. The van der Waals surface area contributed by atoms with Crippen molar-refractivity contribution < 1.29 is 13.9 Å². The van der Waals surface area contributed by atoms with E-state index in [9.17, 15) is 4.39 Å². The molecule has 0 bridgehead atoms. The topological polar surface area (TPSA) is 30.5 Å². The molecule has 0 spiro atoms. The molecule has 0 saturated carbocycles. The highest BCUT2D eigenvalue weighted by atomic mass is 79.9. The molecule has 3 rings (SSSR count). The molecule has 1 atom stereocenters. The number of benzene rings is 1. The van der Waals surface area contributed by atoms with Gasteiger partial charge in [-0.25, -0.2) is 4.39 Å². The zero-order valence-corrected chi connectivity index (χ0v) is 11.6. The Labute approximate surface area is 114 Å². The van der Waals surface area contributed by atoms with Gasteiger partial charge in [-0.05, 0) is 35.3 Å². The van der Waals surface area contributed by atoms with Crippen LogP contribution in [0.3, 0.4) is 0 Å². The van der Waals surface area contributed by atoms with E-state index in [0.717, 1.165) is 25.9 Å². The predicted molar refractivity (Wildman–Crippen MR) is 69.9 cm³/mol. The van der Waals surface area contributed by atoms with Crippen LogP contribution in [0.15, 0.2) is 10.5 Å². The van der Waals surface area contributed by atoms with Gasteiger partial charge in [0.2, 0.25) is 0 Å². The minimum Gasteiger partial charge on any atom is -0.486 e. The normalized spacial score (nSPS) is 22.9. The molecule has 0 aliphatic carbocycles. The van der Waals surface area contributed by atoms with Gasteiger partial charge in [-0.3, -0.25) is 0 Å². The van der Waals surface area contributed by atoms with Crippen molar-refractivity contribution in [3.63, 3.8) is 0 Å². The van der Waals surface area contributed by atoms with E-state index in [-0.39, 0.29) is 11.7 Å². The number of rotatable bonds is 1. The zero-order valence-electron chi connectivity index (χ0n) is 9.97. The second-order valence-electron chi connectivity index (χ2n) is 4.65. The highest BCUT2D eigenvalue weighted by Crippen LogP contribution is 2.44. The molecule has 0 amide bonds. The molecule has 0 radical (unpaired) electrons. The van der Waals surface area contributed by atoms with Crippen molar-refractivity contribution in [2.45, 2.75) is 18.8 Å². The number of piperidine rings is 1. The minimum atomic E-state index is -0.208. The average Bonchev–Trinajstić information content (AvgIpc) is 2.40. The van der Waals surface area contributed by atoms with E-state index in [0.29, 0.717) is 34.7 Å². The summed E-state index contributed by atoms with van der Waals surface area (Å²) in [6, 6.07) is 1.45. The molecule has 2 aliphatic rings. The van der Waals surface area contributed by atoms with Gasteiger partial charge in [-0.15, -0.1) is 0 Å². The van der Waals surface area contributed by atoms with E-state index in [1.54, 1.807) is 0 Å². The summed E-state index contributed by atoms with van der Waals surface area (Å²) in [6.45, 7) is 2.82. The van der Waals surface area contributed by atoms with E-state index >= 15 is 0 Å². The maximum atomic E-state index is 14.2. The number of fused-ring (bicyclic) bond motifs is 1. The molecule has 1 saturated heterocycles. The van der Waals surface area contributed by atoms with Crippen molar-refractivity contribution in [1.29, 1.82) is 0 Å². The van der Waals surface area contributed by atoms with Gasteiger partial charge in [0.25, 0.3) is 0 Å². The highest BCUT2D eigenvalue weighted by molar-refractivity contribution is 9.10. The van der Waals surface area contributed by atoms with Crippen molar-refractivity contribution in [3.8, 4) is 11.5 Å². The van der Waals surface area contributed by atoms with E-state index in [1.165, 1.54) is 6.07 Å². The second kappa shape index (κ2) is 5.05. The lowest BCUT2D eigenvalue weighted by molar-refractivity contribution is 0.169. The Balaban J connectivity index is 2.02. The third kappa shape index (κ3) is 2.10. The third-order valence-corrected chi connectivity index (χ3v) is 4.25. The van der Waals surface area contributed by atoms with Crippen LogP contribution in [0.25, 0.3) is 0 Å². The molecule has 1 unspecified atom stereocenters. The van der Waals surface area contributed by atoms with Gasteiger partial charge in [-0.1, -0.05) is 0 Å². The SMILES string of the molecule is Fc1cc2c(c(Br)c1C1CCCNC1)OCCO2. The lowest BCUT2D eigenvalue weighted by atomic mass is 9.91. The fourth-order valence-corrected chi connectivity index (χ4v) is 3.43. The maximum absolute atomic E-state index is 14.2. The Kier molecular flexibility index (Phi) is 3.43. The van der Waals surface area contributed by atoms with Gasteiger partial charge in [0.05, 0.1) is 4.47 Å². The first-order valence-corrected chi connectivity index (χ1v) is 7.05. The Morgan fingerprint density at radius 3 is 2.94 bits per heavy atom. The van der Waals surface area contributed by atoms with Gasteiger partial charge in [0, 0.05) is 24.1 Å². The fourth-order valence-electron chi connectivity index (χ4n) is 2.60. The lowest BCUT2D eigenvalue weighted by Gasteiger charge is -2.27. The molecule has 0 aromatic heterocycles. The van der Waals surface area contributed by atoms with Crippen molar-refractivity contribution >= 4 is 15.9 Å². The van der Waals surface area contributed by atoms with Crippen LogP contribution in [0.4, 0.5) is 4.39 Å². The number of ether oxygens (including phenoxy) is 2. The van der Waals surface area contributed by atoms with Crippen LogP contribution in [0.2, 0.25) is 0 Å². The summed E-state index contributed by atoms with van der Waals surface area (Å²) >= 11 is 3.48. The van der Waals surface area contributed by atoms with Crippen molar-refractivity contribution in [2.75, 3.05) is 26.3 Å². The van der Waals surface area contributed by atoms with Gasteiger partial charge < -0.3 is 14.8 Å². The molecule has 98 valence electrons. The molecule has 1 N–H and O–H groups in total. The van der Waals surface area contributed by atoms with Crippen LogP contribution in [0, 0.1) is 5.82 Å². The lowest BCUT2D eigenvalue weighted by Crippen LogP contribution is -2.29. The van der Waals surface area contributed by atoms with Gasteiger partial charge >= 0.3 is 0 Å². The van der Waals surface area contributed by atoms with Crippen LogP contribution in [0.5, 0.6) is 11.5 Å². The average molecular weight is 316 g/mol. The predicted octanol–water partition coefficient (Wildman–Crippen LogP) is 2.83. The Morgan fingerprint density at radius 1 is 1.33 bits per heavy atom. The van der Waals surface area contributed by atoms with Crippen LogP contribution < -0.4 is 14.8 Å². The highest BCUT2D eigenvalue weighted by Gasteiger charge is 2.27. The summed E-state index contributed by atoms with van der Waals surface area (Å²) < 4.78 is 25.9. The molecule has 5 heteroatoms. The molecular weight excluding hydrogens is 301 g/mol. The smallest absolute Gasteiger partial charge is 0.176 e. The van der Waals surface area contributed by atoms with E-state index < -0.39 is 0 Å². The molecule has 1 aromatic carbocycles. The summed E-state index contributed by atoms with van der Waals surface area (Å²) in [6.07, 6.45) is 2.08. The molecule has 1 fully saturated rings. The van der Waals surface area contributed by atoms with E-state index in [2.05, 4.69) is 21.2 Å². The third-order valence-electron chi connectivity index (χ3n) is 3.47. The number of hydrogen-bond donors (Lipinski definition) is 1. The molecule has 2 heterocycles. The number of hydrogen-bond acceptors (Lipinski definition) is 3. The van der Waals surface area contributed by atoms with Gasteiger partial charge in [0.1, 0.15) is 19.0 Å². The molecule has 2 aliphatic heterocycles. The molecule has 1 aromatic rings. The largest absolute Gasteiger partial charge is 0.486 e. The van der Waals surface area contributed by atoms with E-state index in [1.807, 2.05) is 0 Å². The molecule has 18 heavy (non-hydrogen) atoms. The maximum Gasteiger partial charge on any atom is 0.176 e. The summed E-state index contributed by atoms with van der Waals surface area (Å²) in [5.74, 6) is 1.13. The summed E-state index contributed by atoms with van der Waals surface area (Å²) in [7, 11) is 0. The zero-order chi connectivity index (χ0) is 12.5. The van der Waals surface area contributed by atoms with Gasteiger partial charge in [0.15, 0.2) is 11.5 Å². The van der Waals surface area contributed by atoms with Crippen LogP contribution in [-0.4, -0.2) is 26.3 Å². The monoisotopic (exact) mass is 315 g/mol.